The van der Waals surface area contributed by atoms with Crippen LogP contribution < -0.4 is 0 Å². The van der Waals surface area contributed by atoms with E-state index in [-0.39, 0.29) is 0 Å². The Morgan fingerprint density at radius 1 is 0.373 bits per heavy atom. The first kappa shape index (κ1) is 31.6. The number of fused-ring (bicyclic) bond motifs is 4. The highest BCUT2D eigenvalue weighted by molar-refractivity contribution is 5.87. The Morgan fingerprint density at radius 2 is 0.608 bits per heavy atom. The molecule has 1 aliphatic heterocycles. The van der Waals surface area contributed by atoms with Gasteiger partial charge in [-0.25, -0.2) is 0 Å². The van der Waals surface area contributed by atoms with Crippen molar-refractivity contribution in [1.29, 1.82) is 0 Å². The zero-order valence-corrected chi connectivity index (χ0v) is 28.5. The molecule has 1 fully saturated rings. The SMILES string of the molecule is CC1(C)OC(C(O)(c2ccc3ccccc3c2)c2ccc3ccccc3c2)C(C(O)(c2ccc3ccccc3c2)c2ccc3ccccc3c2)O1. The Hall–Kier alpha value is -5.36. The van der Waals surface area contributed by atoms with Gasteiger partial charge in [0, 0.05) is 0 Å². The molecule has 51 heavy (non-hydrogen) atoms. The summed E-state index contributed by atoms with van der Waals surface area (Å²) in [7, 11) is 0. The van der Waals surface area contributed by atoms with E-state index >= 15 is 0 Å². The average Bonchev–Trinajstić information content (AvgIpc) is 3.52. The maximum atomic E-state index is 13.7. The lowest BCUT2D eigenvalue weighted by Crippen LogP contribution is -2.55. The first-order valence-electron chi connectivity index (χ1n) is 17.5. The third kappa shape index (κ3) is 5.22. The van der Waals surface area contributed by atoms with Crippen molar-refractivity contribution < 1.29 is 19.7 Å². The summed E-state index contributed by atoms with van der Waals surface area (Å²) in [6.45, 7) is 3.70. The molecule has 0 spiro atoms. The molecule has 0 aliphatic carbocycles. The van der Waals surface area contributed by atoms with E-state index in [4.69, 9.17) is 9.47 Å². The fourth-order valence-electron chi connectivity index (χ4n) is 8.07. The Bertz CT molecular complexity index is 2250. The monoisotopic (exact) mass is 666 g/mol. The van der Waals surface area contributed by atoms with Gasteiger partial charge in [0.2, 0.25) is 0 Å². The molecule has 1 heterocycles. The lowest BCUT2D eigenvalue weighted by Gasteiger charge is -2.43. The molecule has 0 radical (unpaired) electrons. The average molecular weight is 667 g/mol. The summed E-state index contributed by atoms with van der Waals surface area (Å²) in [4.78, 5) is 0. The second kappa shape index (κ2) is 11.9. The van der Waals surface area contributed by atoms with Gasteiger partial charge in [-0.2, -0.15) is 0 Å². The molecule has 8 aromatic rings. The van der Waals surface area contributed by atoms with Crippen molar-refractivity contribution in [3.63, 3.8) is 0 Å². The molecular formula is C47H38O4. The molecule has 2 N–H and O–H groups in total. The summed E-state index contributed by atoms with van der Waals surface area (Å²) in [5.41, 5.74) is -0.930. The maximum absolute atomic E-state index is 13.7. The third-order valence-corrected chi connectivity index (χ3v) is 10.7. The highest BCUT2D eigenvalue weighted by atomic mass is 16.8. The summed E-state index contributed by atoms with van der Waals surface area (Å²) in [5, 5.41) is 35.5. The van der Waals surface area contributed by atoms with Crippen LogP contribution in [-0.2, 0) is 20.7 Å². The molecule has 4 heteroatoms. The van der Waals surface area contributed by atoms with E-state index < -0.39 is 29.2 Å². The molecule has 2 atom stereocenters. The van der Waals surface area contributed by atoms with Crippen molar-refractivity contribution in [2.24, 2.45) is 0 Å². The molecule has 0 bridgehead atoms. The molecule has 1 saturated heterocycles. The van der Waals surface area contributed by atoms with Crippen LogP contribution in [-0.4, -0.2) is 28.2 Å². The van der Waals surface area contributed by atoms with Gasteiger partial charge >= 0.3 is 0 Å². The van der Waals surface area contributed by atoms with Crippen molar-refractivity contribution in [3.8, 4) is 0 Å². The van der Waals surface area contributed by atoms with Gasteiger partial charge in [0.1, 0.15) is 23.4 Å². The van der Waals surface area contributed by atoms with Crippen molar-refractivity contribution in [2.45, 2.75) is 43.0 Å². The zero-order valence-electron chi connectivity index (χ0n) is 28.5. The van der Waals surface area contributed by atoms with Crippen LogP contribution in [0.1, 0.15) is 36.1 Å². The van der Waals surface area contributed by atoms with Crippen LogP contribution in [0.25, 0.3) is 43.1 Å². The fourth-order valence-corrected chi connectivity index (χ4v) is 8.07. The van der Waals surface area contributed by atoms with Crippen LogP contribution >= 0.6 is 0 Å². The zero-order chi connectivity index (χ0) is 34.8. The second-order valence-corrected chi connectivity index (χ2v) is 14.3. The highest BCUT2D eigenvalue weighted by Crippen LogP contribution is 2.51. The Balaban J connectivity index is 1.32. The van der Waals surface area contributed by atoms with Crippen molar-refractivity contribution >= 4 is 43.1 Å². The van der Waals surface area contributed by atoms with Crippen LogP contribution in [0.4, 0.5) is 0 Å². The number of benzene rings is 8. The lowest BCUT2D eigenvalue weighted by molar-refractivity contribution is -0.172. The molecule has 2 unspecified atom stereocenters. The Kier molecular flexibility index (Phi) is 7.36. The van der Waals surface area contributed by atoms with E-state index in [2.05, 4.69) is 24.3 Å². The van der Waals surface area contributed by atoms with Crippen molar-refractivity contribution in [3.05, 3.63) is 192 Å². The van der Waals surface area contributed by atoms with Crippen LogP contribution in [0.15, 0.2) is 170 Å². The predicted molar refractivity (Wildman–Crippen MR) is 206 cm³/mol. The molecule has 0 saturated carbocycles. The van der Waals surface area contributed by atoms with Gasteiger partial charge in [-0.1, -0.05) is 146 Å². The summed E-state index contributed by atoms with van der Waals surface area (Å²) < 4.78 is 13.8. The van der Waals surface area contributed by atoms with E-state index in [0.29, 0.717) is 22.3 Å². The standard InChI is InChI=1S/C47H38O4/c1-45(2)50-43(46(48,39-23-19-31-11-3-7-15-35(31)27-39)40-24-20-32-12-4-8-16-36(32)28-40)44(51-45)47(49,41-25-21-33-13-5-9-17-37(33)29-41)42-26-22-34-14-6-10-18-38(34)30-42/h3-30,43-44,48-49H,1-2H3. The summed E-state index contributed by atoms with van der Waals surface area (Å²) in [5.74, 6) is -1.15. The normalized spacial score (nSPS) is 17.8. The number of hydrogen-bond acceptors (Lipinski definition) is 4. The van der Waals surface area contributed by atoms with E-state index in [9.17, 15) is 10.2 Å². The topological polar surface area (TPSA) is 58.9 Å². The lowest BCUT2D eigenvalue weighted by atomic mass is 9.71. The maximum Gasteiger partial charge on any atom is 0.164 e. The Morgan fingerprint density at radius 3 is 0.863 bits per heavy atom. The van der Waals surface area contributed by atoms with Crippen molar-refractivity contribution in [2.75, 3.05) is 0 Å². The number of ether oxygens (including phenoxy) is 2. The molecule has 9 rings (SSSR count). The summed E-state index contributed by atoms with van der Waals surface area (Å²) in [6.07, 6.45) is -2.12. The molecule has 0 aromatic heterocycles. The highest BCUT2D eigenvalue weighted by Gasteiger charge is 2.61. The number of hydrogen-bond donors (Lipinski definition) is 2. The molecule has 4 nitrogen and oxygen atoms in total. The first-order chi connectivity index (χ1) is 24.7. The van der Waals surface area contributed by atoms with E-state index in [1.54, 1.807) is 0 Å². The smallest absolute Gasteiger partial charge is 0.164 e. The summed E-state index contributed by atoms with van der Waals surface area (Å²) in [6, 6.07) is 56.6. The minimum absolute atomic E-state index is 0.646. The third-order valence-electron chi connectivity index (χ3n) is 10.7. The van der Waals surface area contributed by atoms with Gasteiger partial charge in [-0.15, -0.1) is 0 Å². The first-order valence-corrected chi connectivity index (χ1v) is 17.5. The molecule has 250 valence electrons. The van der Waals surface area contributed by atoms with Gasteiger partial charge in [0.15, 0.2) is 5.79 Å². The van der Waals surface area contributed by atoms with Crippen molar-refractivity contribution in [1.82, 2.24) is 0 Å². The fraction of sp³-hybridized carbons (Fsp3) is 0.149. The minimum atomic E-state index is -1.76. The second-order valence-electron chi connectivity index (χ2n) is 14.3. The van der Waals surface area contributed by atoms with Gasteiger partial charge in [-0.05, 0) is 103 Å². The quantitative estimate of drug-likeness (QED) is 0.186. The molecule has 8 aromatic carbocycles. The largest absolute Gasteiger partial charge is 0.378 e. The number of aliphatic hydroxyl groups is 2. The molecular weight excluding hydrogens is 629 g/mol. The minimum Gasteiger partial charge on any atom is -0.378 e. The van der Waals surface area contributed by atoms with E-state index in [1.165, 1.54) is 0 Å². The molecule has 0 amide bonds. The van der Waals surface area contributed by atoms with Gasteiger partial charge in [0.25, 0.3) is 0 Å². The van der Waals surface area contributed by atoms with E-state index in [0.717, 1.165) is 43.1 Å². The molecule has 1 aliphatic rings. The van der Waals surface area contributed by atoms with E-state index in [1.807, 2.05) is 159 Å². The van der Waals surface area contributed by atoms with Crippen LogP contribution in [0.3, 0.4) is 0 Å². The van der Waals surface area contributed by atoms with Gasteiger partial charge < -0.3 is 19.7 Å². The predicted octanol–water partition coefficient (Wildman–Crippen LogP) is 9.99. The summed E-state index contributed by atoms with van der Waals surface area (Å²) >= 11 is 0. The van der Waals surface area contributed by atoms with Crippen LogP contribution in [0.5, 0.6) is 0 Å². The van der Waals surface area contributed by atoms with Crippen LogP contribution in [0.2, 0.25) is 0 Å². The number of rotatable bonds is 6. The Labute approximate surface area is 297 Å². The van der Waals surface area contributed by atoms with Crippen LogP contribution in [0, 0.1) is 0 Å². The van der Waals surface area contributed by atoms with Gasteiger partial charge in [0.05, 0.1) is 0 Å². The van der Waals surface area contributed by atoms with Gasteiger partial charge in [-0.3, -0.25) is 0 Å².